The number of hydrogen-bond donors (Lipinski definition) is 1. The molecule has 0 fully saturated rings. The van der Waals surface area contributed by atoms with Crippen LogP contribution in [0.1, 0.15) is 41.3 Å². The van der Waals surface area contributed by atoms with Crippen LogP contribution >= 0.6 is 0 Å². The average Bonchev–Trinajstić information content (AvgIpc) is 2.55. The van der Waals surface area contributed by atoms with Crippen LogP contribution in [0.3, 0.4) is 0 Å². The second-order valence-corrected chi connectivity index (χ2v) is 5.61. The van der Waals surface area contributed by atoms with E-state index in [0.717, 1.165) is 30.1 Å². The van der Waals surface area contributed by atoms with E-state index in [9.17, 15) is 4.79 Å². The molecular formula is C18H20N2O2. The fraction of sp³-hybridized carbons (Fsp3) is 0.333. The van der Waals surface area contributed by atoms with Gasteiger partial charge in [0, 0.05) is 16.8 Å². The number of ketones is 1. The first-order valence-electron chi connectivity index (χ1n) is 7.62. The van der Waals surface area contributed by atoms with Gasteiger partial charge < -0.3 is 10.1 Å². The molecule has 1 aromatic carbocycles. The number of fused-ring (bicyclic) bond motifs is 1. The normalized spacial score (nSPS) is 13.4. The standard InChI is InChI=1S/C18H20N2O2/c1-12(21)13-6-5-7-14(10-13)20-17-11-19-18(22-2)16-9-4-3-8-15(16)17/h5-7,10-11,20H,3-4,8-9H2,1-2H3. The first-order chi connectivity index (χ1) is 10.7. The molecule has 22 heavy (non-hydrogen) atoms. The number of benzene rings is 1. The highest BCUT2D eigenvalue weighted by atomic mass is 16.5. The van der Waals surface area contributed by atoms with Gasteiger partial charge in [-0.3, -0.25) is 4.79 Å². The number of pyridine rings is 1. The Morgan fingerprint density at radius 2 is 2.00 bits per heavy atom. The summed E-state index contributed by atoms with van der Waals surface area (Å²) in [5.41, 5.74) is 5.12. The van der Waals surface area contributed by atoms with Gasteiger partial charge in [-0.2, -0.15) is 0 Å². The van der Waals surface area contributed by atoms with Crippen molar-refractivity contribution < 1.29 is 9.53 Å². The van der Waals surface area contributed by atoms with Crippen molar-refractivity contribution in [1.29, 1.82) is 0 Å². The molecule has 0 aliphatic heterocycles. The SMILES string of the molecule is COc1ncc(Nc2cccc(C(C)=O)c2)c2c1CCCC2. The summed E-state index contributed by atoms with van der Waals surface area (Å²) >= 11 is 0. The van der Waals surface area contributed by atoms with Crippen molar-refractivity contribution in [2.45, 2.75) is 32.6 Å². The molecule has 1 aliphatic rings. The summed E-state index contributed by atoms with van der Waals surface area (Å²) in [7, 11) is 1.67. The smallest absolute Gasteiger partial charge is 0.216 e. The van der Waals surface area contributed by atoms with E-state index in [1.54, 1.807) is 14.0 Å². The quantitative estimate of drug-likeness (QED) is 0.869. The molecule has 0 atom stereocenters. The molecule has 0 amide bonds. The maximum Gasteiger partial charge on any atom is 0.216 e. The predicted molar refractivity (Wildman–Crippen MR) is 87.2 cm³/mol. The third-order valence-electron chi connectivity index (χ3n) is 4.10. The topological polar surface area (TPSA) is 51.2 Å². The summed E-state index contributed by atoms with van der Waals surface area (Å²) < 4.78 is 5.38. The first-order valence-corrected chi connectivity index (χ1v) is 7.62. The molecule has 0 unspecified atom stereocenters. The van der Waals surface area contributed by atoms with Crippen molar-refractivity contribution in [2.75, 3.05) is 12.4 Å². The Hall–Kier alpha value is -2.36. The Morgan fingerprint density at radius 1 is 1.23 bits per heavy atom. The van der Waals surface area contributed by atoms with Gasteiger partial charge in [0.15, 0.2) is 5.78 Å². The highest BCUT2D eigenvalue weighted by Gasteiger charge is 2.19. The van der Waals surface area contributed by atoms with Crippen molar-refractivity contribution in [3.05, 3.63) is 47.2 Å². The second-order valence-electron chi connectivity index (χ2n) is 5.61. The highest BCUT2D eigenvalue weighted by Crippen LogP contribution is 2.34. The Kier molecular flexibility index (Phi) is 4.09. The fourth-order valence-corrected chi connectivity index (χ4v) is 2.97. The van der Waals surface area contributed by atoms with Crippen molar-refractivity contribution >= 4 is 17.2 Å². The zero-order valence-electron chi connectivity index (χ0n) is 13.0. The van der Waals surface area contributed by atoms with Crippen LogP contribution in [0.4, 0.5) is 11.4 Å². The summed E-state index contributed by atoms with van der Waals surface area (Å²) in [6.45, 7) is 1.58. The van der Waals surface area contributed by atoms with Crippen LogP contribution in [0.2, 0.25) is 0 Å². The Morgan fingerprint density at radius 3 is 2.73 bits per heavy atom. The van der Waals surface area contributed by atoms with Gasteiger partial charge in [-0.15, -0.1) is 0 Å². The van der Waals surface area contributed by atoms with E-state index in [1.165, 1.54) is 24.0 Å². The average molecular weight is 296 g/mol. The van der Waals surface area contributed by atoms with E-state index >= 15 is 0 Å². The van der Waals surface area contributed by atoms with E-state index in [0.29, 0.717) is 5.56 Å². The molecule has 0 saturated heterocycles. The predicted octanol–water partition coefficient (Wildman–Crippen LogP) is 3.92. The van der Waals surface area contributed by atoms with E-state index in [1.807, 2.05) is 30.5 Å². The zero-order valence-corrected chi connectivity index (χ0v) is 13.0. The molecule has 1 heterocycles. The van der Waals surface area contributed by atoms with Gasteiger partial charge in [0.1, 0.15) is 0 Å². The molecule has 1 aromatic heterocycles. The molecule has 3 rings (SSSR count). The number of anilines is 2. The summed E-state index contributed by atoms with van der Waals surface area (Å²) in [6.07, 6.45) is 6.22. The van der Waals surface area contributed by atoms with E-state index in [2.05, 4.69) is 10.3 Å². The molecule has 1 aliphatic carbocycles. The van der Waals surface area contributed by atoms with Gasteiger partial charge >= 0.3 is 0 Å². The Balaban J connectivity index is 1.96. The number of nitrogens with zero attached hydrogens (tertiary/aromatic N) is 1. The lowest BCUT2D eigenvalue weighted by Crippen LogP contribution is -2.09. The van der Waals surface area contributed by atoms with Gasteiger partial charge in [-0.25, -0.2) is 4.98 Å². The number of carbonyl (C=O) groups is 1. The van der Waals surface area contributed by atoms with E-state index in [-0.39, 0.29) is 5.78 Å². The van der Waals surface area contributed by atoms with Crippen LogP contribution in [0.5, 0.6) is 5.88 Å². The van der Waals surface area contributed by atoms with Crippen LogP contribution in [0.25, 0.3) is 0 Å². The first kappa shape index (κ1) is 14.6. The lowest BCUT2D eigenvalue weighted by atomic mass is 9.91. The third-order valence-corrected chi connectivity index (χ3v) is 4.10. The van der Waals surface area contributed by atoms with E-state index < -0.39 is 0 Å². The fourth-order valence-electron chi connectivity index (χ4n) is 2.97. The minimum absolute atomic E-state index is 0.0681. The van der Waals surface area contributed by atoms with Crippen LogP contribution in [-0.2, 0) is 12.8 Å². The van der Waals surface area contributed by atoms with Crippen molar-refractivity contribution in [2.24, 2.45) is 0 Å². The maximum atomic E-state index is 11.5. The summed E-state index contributed by atoms with van der Waals surface area (Å²) in [5, 5.41) is 3.41. The number of nitrogens with one attached hydrogen (secondary N) is 1. The molecule has 114 valence electrons. The van der Waals surface area contributed by atoms with Gasteiger partial charge in [-0.1, -0.05) is 12.1 Å². The van der Waals surface area contributed by atoms with Crippen molar-refractivity contribution in [1.82, 2.24) is 4.98 Å². The number of methoxy groups -OCH3 is 1. The van der Waals surface area contributed by atoms with Crippen molar-refractivity contribution in [3.63, 3.8) is 0 Å². The second kappa shape index (κ2) is 6.18. The molecule has 0 radical (unpaired) electrons. The van der Waals surface area contributed by atoms with Crippen molar-refractivity contribution in [3.8, 4) is 5.88 Å². The monoisotopic (exact) mass is 296 g/mol. The zero-order chi connectivity index (χ0) is 15.5. The number of hydrogen-bond acceptors (Lipinski definition) is 4. The molecule has 0 bridgehead atoms. The van der Waals surface area contributed by atoms with E-state index in [4.69, 9.17) is 4.74 Å². The lowest BCUT2D eigenvalue weighted by Gasteiger charge is -2.21. The number of Topliss-reactive ketones (excluding diaryl/α,β-unsaturated/α-hetero) is 1. The largest absolute Gasteiger partial charge is 0.481 e. The highest BCUT2D eigenvalue weighted by molar-refractivity contribution is 5.95. The Bertz CT molecular complexity index is 710. The molecule has 4 nitrogen and oxygen atoms in total. The third kappa shape index (κ3) is 2.82. The summed E-state index contributed by atoms with van der Waals surface area (Å²) in [4.78, 5) is 15.9. The molecule has 0 saturated carbocycles. The van der Waals surface area contributed by atoms with Crippen LogP contribution < -0.4 is 10.1 Å². The van der Waals surface area contributed by atoms with Crippen LogP contribution in [0, 0.1) is 0 Å². The molecular weight excluding hydrogens is 276 g/mol. The summed E-state index contributed by atoms with van der Waals surface area (Å²) in [6, 6.07) is 7.56. The molecule has 4 heteroatoms. The Labute approximate surface area is 130 Å². The molecule has 2 aromatic rings. The minimum atomic E-state index is 0.0681. The van der Waals surface area contributed by atoms with Gasteiger partial charge in [0.2, 0.25) is 5.88 Å². The molecule has 0 spiro atoms. The molecule has 1 N–H and O–H groups in total. The van der Waals surface area contributed by atoms with Gasteiger partial charge in [0.05, 0.1) is 19.0 Å². The number of aromatic nitrogens is 1. The number of rotatable bonds is 4. The minimum Gasteiger partial charge on any atom is -0.481 e. The maximum absolute atomic E-state index is 11.5. The summed E-state index contributed by atoms with van der Waals surface area (Å²) in [5.74, 6) is 0.802. The van der Waals surface area contributed by atoms with Crippen LogP contribution in [0.15, 0.2) is 30.5 Å². The van der Waals surface area contributed by atoms with Gasteiger partial charge in [0.25, 0.3) is 0 Å². The number of carbonyl (C=O) groups excluding carboxylic acids is 1. The van der Waals surface area contributed by atoms with Crippen LogP contribution in [-0.4, -0.2) is 17.9 Å². The van der Waals surface area contributed by atoms with Gasteiger partial charge in [-0.05, 0) is 50.3 Å². The lowest BCUT2D eigenvalue weighted by molar-refractivity contribution is 0.101. The number of ether oxygens (including phenoxy) is 1.